The van der Waals surface area contributed by atoms with E-state index in [9.17, 15) is 4.79 Å². The standard InChI is InChI=1S/C22H28N4O/c1-24-20(22(27)23-10-13-25-11-4-5-12-25)14-19-21(24)17-6-2-3-7-18(17)26(19)15-16-8-9-16/h2-3,6-7,14,16H,4-5,8-13,15H2,1H3,(H,23,27). The molecule has 2 aromatic heterocycles. The molecule has 5 heteroatoms. The number of nitrogens with one attached hydrogen (secondary N) is 1. The highest BCUT2D eigenvalue weighted by atomic mass is 16.1. The minimum Gasteiger partial charge on any atom is -0.349 e. The van der Waals surface area contributed by atoms with Gasteiger partial charge in [-0.25, -0.2) is 0 Å². The van der Waals surface area contributed by atoms with Gasteiger partial charge in [0.15, 0.2) is 0 Å². The Morgan fingerprint density at radius 1 is 1.15 bits per heavy atom. The summed E-state index contributed by atoms with van der Waals surface area (Å²) in [5.74, 6) is 0.830. The Hall–Kier alpha value is -2.27. The normalized spacial score (nSPS) is 18.0. The van der Waals surface area contributed by atoms with Crippen LogP contribution in [0.5, 0.6) is 0 Å². The second-order valence-electron chi connectivity index (χ2n) is 8.20. The fraction of sp³-hybridized carbons (Fsp3) is 0.500. The summed E-state index contributed by atoms with van der Waals surface area (Å²) in [5.41, 5.74) is 4.41. The molecule has 2 aliphatic rings. The summed E-state index contributed by atoms with van der Waals surface area (Å²) in [6.07, 6.45) is 5.22. The molecular formula is C22H28N4O. The number of rotatable bonds is 6. The number of hydrogen-bond donors (Lipinski definition) is 1. The Balaban J connectivity index is 1.44. The van der Waals surface area contributed by atoms with Crippen LogP contribution in [-0.2, 0) is 13.6 Å². The van der Waals surface area contributed by atoms with E-state index < -0.39 is 0 Å². The molecule has 1 N–H and O–H groups in total. The van der Waals surface area contributed by atoms with E-state index in [2.05, 4.69) is 49.7 Å². The molecule has 1 aliphatic carbocycles. The van der Waals surface area contributed by atoms with Gasteiger partial charge in [0.2, 0.25) is 0 Å². The van der Waals surface area contributed by atoms with Crippen LogP contribution in [0.3, 0.4) is 0 Å². The third kappa shape index (κ3) is 3.04. The predicted octanol–water partition coefficient (Wildman–Crippen LogP) is 3.37. The van der Waals surface area contributed by atoms with Crippen molar-refractivity contribution in [2.45, 2.75) is 32.2 Å². The SMILES string of the molecule is Cn1c(C(=O)NCCN2CCCC2)cc2c1c1ccccc1n2CC1CC1. The topological polar surface area (TPSA) is 42.2 Å². The summed E-state index contributed by atoms with van der Waals surface area (Å²) in [5, 5.41) is 4.37. The molecule has 2 fully saturated rings. The average molecular weight is 364 g/mol. The summed E-state index contributed by atoms with van der Waals surface area (Å²) < 4.78 is 4.50. The highest BCUT2D eigenvalue weighted by molar-refractivity contribution is 6.10. The van der Waals surface area contributed by atoms with E-state index in [4.69, 9.17) is 0 Å². The monoisotopic (exact) mass is 364 g/mol. The van der Waals surface area contributed by atoms with Crippen LogP contribution in [0.1, 0.15) is 36.2 Å². The lowest BCUT2D eigenvalue weighted by Crippen LogP contribution is -2.34. The zero-order chi connectivity index (χ0) is 18.4. The first-order valence-electron chi connectivity index (χ1n) is 10.3. The molecule has 5 rings (SSSR count). The molecule has 1 saturated heterocycles. The molecule has 1 aliphatic heterocycles. The Morgan fingerprint density at radius 3 is 2.70 bits per heavy atom. The van der Waals surface area contributed by atoms with Crippen molar-refractivity contribution in [1.29, 1.82) is 0 Å². The summed E-state index contributed by atoms with van der Waals surface area (Å²) in [6.45, 7) is 5.07. The van der Waals surface area contributed by atoms with E-state index in [1.807, 2.05) is 7.05 Å². The van der Waals surface area contributed by atoms with Crippen LogP contribution in [0.25, 0.3) is 21.9 Å². The van der Waals surface area contributed by atoms with Gasteiger partial charge in [0, 0.05) is 32.1 Å². The van der Waals surface area contributed by atoms with E-state index in [1.165, 1.54) is 60.7 Å². The first kappa shape index (κ1) is 16.9. The van der Waals surface area contributed by atoms with Gasteiger partial charge in [-0.1, -0.05) is 18.2 Å². The zero-order valence-corrected chi connectivity index (χ0v) is 16.1. The summed E-state index contributed by atoms with van der Waals surface area (Å²) in [4.78, 5) is 15.3. The van der Waals surface area contributed by atoms with E-state index in [-0.39, 0.29) is 5.91 Å². The second-order valence-corrected chi connectivity index (χ2v) is 8.20. The van der Waals surface area contributed by atoms with Crippen molar-refractivity contribution < 1.29 is 4.79 Å². The van der Waals surface area contributed by atoms with Gasteiger partial charge < -0.3 is 19.4 Å². The van der Waals surface area contributed by atoms with Gasteiger partial charge in [0.05, 0.1) is 16.6 Å². The van der Waals surface area contributed by atoms with Crippen LogP contribution < -0.4 is 5.32 Å². The van der Waals surface area contributed by atoms with E-state index in [1.54, 1.807) is 0 Å². The van der Waals surface area contributed by atoms with Crippen molar-refractivity contribution >= 4 is 27.8 Å². The van der Waals surface area contributed by atoms with Crippen molar-refractivity contribution in [3.8, 4) is 0 Å². The first-order chi connectivity index (χ1) is 13.2. The fourth-order valence-electron chi connectivity index (χ4n) is 4.55. The molecule has 1 saturated carbocycles. The molecule has 0 radical (unpaired) electrons. The molecule has 1 amide bonds. The van der Waals surface area contributed by atoms with Crippen molar-refractivity contribution in [1.82, 2.24) is 19.4 Å². The van der Waals surface area contributed by atoms with Crippen LogP contribution in [0, 0.1) is 5.92 Å². The number of fused-ring (bicyclic) bond motifs is 3. The van der Waals surface area contributed by atoms with Gasteiger partial charge in [0.1, 0.15) is 5.69 Å². The van der Waals surface area contributed by atoms with Crippen LogP contribution in [0.2, 0.25) is 0 Å². The number of aryl methyl sites for hydroxylation is 1. The largest absolute Gasteiger partial charge is 0.349 e. The second kappa shape index (κ2) is 6.71. The van der Waals surface area contributed by atoms with Gasteiger partial charge in [-0.2, -0.15) is 0 Å². The smallest absolute Gasteiger partial charge is 0.268 e. The number of nitrogens with zero attached hydrogens (tertiary/aromatic N) is 3. The number of carbonyl (C=O) groups excluding carboxylic acids is 1. The maximum atomic E-state index is 12.8. The van der Waals surface area contributed by atoms with E-state index >= 15 is 0 Å². The van der Waals surface area contributed by atoms with Crippen LogP contribution in [0.4, 0.5) is 0 Å². The average Bonchev–Trinajstić information content (AvgIpc) is 3.09. The molecule has 142 valence electrons. The van der Waals surface area contributed by atoms with Crippen molar-refractivity contribution in [3.05, 3.63) is 36.0 Å². The van der Waals surface area contributed by atoms with E-state index in [0.29, 0.717) is 0 Å². The predicted molar refractivity (Wildman–Crippen MR) is 109 cm³/mol. The number of hydrogen-bond acceptors (Lipinski definition) is 2. The molecule has 27 heavy (non-hydrogen) atoms. The highest BCUT2D eigenvalue weighted by Crippen LogP contribution is 2.36. The minimum atomic E-state index is 0.0370. The molecule has 3 aromatic rings. The molecule has 0 spiro atoms. The van der Waals surface area contributed by atoms with Crippen molar-refractivity contribution in [3.63, 3.8) is 0 Å². The number of likely N-dealkylation sites (tertiary alicyclic amines) is 1. The van der Waals surface area contributed by atoms with Gasteiger partial charge in [0.25, 0.3) is 5.91 Å². The van der Waals surface area contributed by atoms with E-state index in [0.717, 1.165) is 31.2 Å². The van der Waals surface area contributed by atoms with Crippen molar-refractivity contribution in [2.24, 2.45) is 13.0 Å². The minimum absolute atomic E-state index is 0.0370. The van der Waals surface area contributed by atoms with Crippen LogP contribution in [-0.4, -0.2) is 46.1 Å². The molecule has 0 unspecified atom stereocenters. The van der Waals surface area contributed by atoms with Gasteiger partial charge in [-0.15, -0.1) is 0 Å². The Morgan fingerprint density at radius 2 is 1.93 bits per heavy atom. The number of amides is 1. The molecule has 0 atom stereocenters. The molecule has 3 heterocycles. The number of para-hydroxylation sites is 1. The Kier molecular flexibility index (Phi) is 4.20. The molecule has 1 aromatic carbocycles. The number of aromatic nitrogens is 2. The Labute approximate surface area is 159 Å². The molecule has 0 bridgehead atoms. The quantitative estimate of drug-likeness (QED) is 0.729. The van der Waals surface area contributed by atoms with Gasteiger partial charge in [-0.3, -0.25) is 4.79 Å². The third-order valence-electron chi connectivity index (χ3n) is 6.24. The van der Waals surface area contributed by atoms with Gasteiger partial charge >= 0.3 is 0 Å². The lowest BCUT2D eigenvalue weighted by atomic mass is 10.2. The molecule has 5 nitrogen and oxygen atoms in total. The fourth-order valence-corrected chi connectivity index (χ4v) is 4.55. The zero-order valence-electron chi connectivity index (χ0n) is 16.1. The Bertz CT molecular complexity index is 989. The number of benzene rings is 1. The van der Waals surface area contributed by atoms with Crippen molar-refractivity contribution in [2.75, 3.05) is 26.2 Å². The van der Waals surface area contributed by atoms with Crippen LogP contribution >= 0.6 is 0 Å². The third-order valence-corrected chi connectivity index (χ3v) is 6.24. The summed E-state index contributed by atoms with van der Waals surface area (Å²) in [6, 6.07) is 10.7. The first-order valence-corrected chi connectivity index (χ1v) is 10.3. The number of carbonyl (C=O) groups is 1. The lowest BCUT2D eigenvalue weighted by molar-refractivity contribution is 0.0942. The van der Waals surface area contributed by atoms with Gasteiger partial charge in [-0.05, 0) is 56.8 Å². The summed E-state index contributed by atoms with van der Waals surface area (Å²) >= 11 is 0. The highest BCUT2D eigenvalue weighted by Gasteiger charge is 2.26. The maximum absolute atomic E-state index is 12.8. The summed E-state index contributed by atoms with van der Waals surface area (Å²) in [7, 11) is 2.02. The lowest BCUT2D eigenvalue weighted by Gasteiger charge is -2.14. The maximum Gasteiger partial charge on any atom is 0.268 e. The molecular weight excluding hydrogens is 336 g/mol. The van der Waals surface area contributed by atoms with Crippen LogP contribution in [0.15, 0.2) is 30.3 Å².